The largest absolute Gasteiger partial charge is 0.350 e. The van der Waals surface area contributed by atoms with Crippen LogP contribution in [0.2, 0.25) is 0 Å². The standard InChI is InChI=1S/C14H14N4O3S.ClH/c19-13(16-7-9-5-15-6-9)12-8-22-14(17-12)10-1-3-11(4-2-10)18(20)21;/h1-4,8-9,15H,5-7H2,(H,16,19);1H. The fourth-order valence-corrected chi connectivity index (χ4v) is 2.86. The van der Waals surface area contributed by atoms with Gasteiger partial charge < -0.3 is 10.6 Å². The van der Waals surface area contributed by atoms with Gasteiger partial charge in [0, 0.05) is 48.6 Å². The number of rotatable bonds is 5. The number of hydrogen-bond acceptors (Lipinski definition) is 6. The third-order valence-corrected chi connectivity index (χ3v) is 4.37. The summed E-state index contributed by atoms with van der Waals surface area (Å²) >= 11 is 1.35. The van der Waals surface area contributed by atoms with E-state index in [-0.39, 0.29) is 24.0 Å². The van der Waals surface area contributed by atoms with Crippen molar-refractivity contribution in [3.8, 4) is 10.6 Å². The molecule has 3 rings (SSSR count). The van der Waals surface area contributed by atoms with Crippen LogP contribution in [0, 0.1) is 16.0 Å². The zero-order chi connectivity index (χ0) is 15.5. The molecule has 7 nitrogen and oxygen atoms in total. The number of aromatic nitrogens is 1. The molecule has 9 heteroatoms. The summed E-state index contributed by atoms with van der Waals surface area (Å²) < 4.78 is 0. The van der Waals surface area contributed by atoms with E-state index in [1.54, 1.807) is 17.5 Å². The van der Waals surface area contributed by atoms with Crippen LogP contribution in [0.4, 0.5) is 5.69 Å². The minimum absolute atomic E-state index is 0. The fourth-order valence-electron chi connectivity index (χ4n) is 2.06. The lowest BCUT2D eigenvalue weighted by Crippen LogP contribution is -2.48. The number of thiazole rings is 1. The zero-order valence-corrected chi connectivity index (χ0v) is 13.7. The van der Waals surface area contributed by atoms with Crippen LogP contribution in [0.5, 0.6) is 0 Å². The van der Waals surface area contributed by atoms with Gasteiger partial charge in [-0.1, -0.05) is 0 Å². The topological polar surface area (TPSA) is 97.2 Å². The Morgan fingerprint density at radius 3 is 2.65 bits per heavy atom. The first kappa shape index (κ1) is 17.3. The van der Waals surface area contributed by atoms with Crippen molar-refractivity contribution >= 4 is 35.3 Å². The van der Waals surface area contributed by atoms with Crippen molar-refractivity contribution in [3.05, 3.63) is 45.5 Å². The normalized spacial score (nSPS) is 13.7. The third kappa shape index (κ3) is 4.04. The lowest BCUT2D eigenvalue weighted by atomic mass is 10.0. The van der Waals surface area contributed by atoms with E-state index in [1.807, 2.05) is 0 Å². The molecule has 1 aliphatic heterocycles. The van der Waals surface area contributed by atoms with Crippen molar-refractivity contribution < 1.29 is 9.72 Å². The predicted octanol–water partition coefficient (Wildman–Crippen LogP) is 2.09. The molecule has 122 valence electrons. The first-order chi connectivity index (χ1) is 10.6. The molecule has 1 fully saturated rings. The van der Waals surface area contributed by atoms with E-state index in [1.165, 1.54) is 23.5 Å². The summed E-state index contributed by atoms with van der Waals surface area (Å²) in [6, 6.07) is 6.14. The predicted molar refractivity (Wildman–Crippen MR) is 90.1 cm³/mol. The minimum Gasteiger partial charge on any atom is -0.350 e. The third-order valence-electron chi connectivity index (χ3n) is 3.48. The number of nitro benzene ring substituents is 1. The van der Waals surface area contributed by atoms with E-state index in [0.29, 0.717) is 23.2 Å². The summed E-state index contributed by atoms with van der Waals surface area (Å²) in [5, 5.41) is 19.0. The van der Waals surface area contributed by atoms with Crippen LogP contribution in [0.15, 0.2) is 29.6 Å². The summed E-state index contributed by atoms with van der Waals surface area (Å²) in [5.41, 5.74) is 1.18. The number of carbonyl (C=O) groups excluding carboxylic acids is 1. The maximum absolute atomic E-state index is 12.0. The molecule has 0 atom stereocenters. The summed E-state index contributed by atoms with van der Waals surface area (Å²) in [6.45, 7) is 2.52. The second kappa shape index (κ2) is 7.49. The Balaban J connectivity index is 0.00000192. The number of nitrogens with one attached hydrogen (secondary N) is 2. The molecular weight excluding hydrogens is 340 g/mol. The summed E-state index contributed by atoms with van der Waals surface area (Å²) in [4.78, 5) is 26.5. The van der Waals surface area contributed by atoms with Gasteiger partial charge in [-0.05, 0) is 12.1 Å². The molecule has 0 spiro atoms. The lowest BCUT2D eigenvalue weighted by Gasteiger charge is -2.26. The number of carbonyl (C=O) groups is 1. The first-order valence-corrected chi connectivity index (χ1v) is 7.71. The molecule has 1 aromatic heterocycles. The van der Waals surface area contributed by atoms with E-state index in [9.17, 15) is 14.9 Å². The molecule has 0 bridgehead atoms. The molecule has 2 heterocycles. The highest BCUT2D eigenvalue weighted by atomic mass is 35.5. The Kier molecular flexibility index (Phi) is 5.64. The van der Waals surface area contributed by atoms with E-state index in [2.05, 4.69) is 15.6 Å². The Labute approximate surface area is 142 Å². The molecule has 1 aliphatic rings. The SMILES string of the molecule is Cl.O=C(NCC1CNC1)c1csc(-c2ccc([N+](=O)[O-])cc2)n1. The van der Waals surface area contributed by atoms with Gasteiger partial charge in [0.05, 0.1) is 4.92 Å². The average Bonchev–Trinajstić information content (AvgIpc) is 2.95. The number of hydrogen-bond donors (Lipinski definition) is 2. The van der Waals surface area contributed by atoms with Crippen LogP contribution >= 0.6 is 23.7 Å². The maximum atomic E-state index is 12.0. The second-order valence-electron chi connectivity index (χ2n) is 5.08. The molecule has 1 aromatic carbocycles. The minimum atomic E-state index is -0.445. The highest BCUT2D eigenvalue weighted by Crippen LogP contribution is 2.25. The van der Waals surface area contributed by atoms with Crippen LogP contribution in [-0.4, -0.2) is 35.4 Å². The van der Waals surface area contributed by atoms with Gasteiger partial charge in [-0.25, -0.2) is 4.98 Å². The number of benzene rings is 1. The van der Waals surface area contributed by atoms with Gasteiger partial charge >= 0.3 is 0 Å². The molecule has 1 amide bonds. The van der Waals surface area contributed by atoms with Gasteiger partial charge in [-0.3, -0.25) is 14.9 Å². The van der Waals surface area contributed by atoms with E-state index in [0.717, 1.165) is 18.7 Å². The molecule has 2 aromatic rings. The van der Waals surface area contributed by atoms with Crippen molar-refractivity contribution in [1.82, 2.24) is 15.6 Å². The van der Waals surface area contributed by atoms with Gasteiger partial charge in [0.15, 0.2) is 0 Å². The van der Waals surface area contributed by atoms with Crippen LogP contribution in [0.3, 0.4) is 0 Å². The van der Waals surface area contributed by atoms with E-state index >= 15 is 0 Å². The number of halogens is 1. The van der Waals surface area contributed by atoms with Crippen molar-refractivity contribution in [2.75, 3.05) is 19.6 Å². The monoisotopic (exact) mass is 354 g/mol. The van der Waals surface area contributed by atoms with Crippen LogP contribution in [0.1, 0.15) is 10.5 Å². The molecule has 0 radical (unpaired) electrons. The average molecular weight is 355 g/mol. The van der Waals surface area contributed by atoms with Crippen LogP contribution in [-0.2, 0) is 0 Å². The Morgan fingerprint density at radius 2 is 2.09 bits per heavy atom. The van der Waals surface area contributed by atoms with Gasteiger partial charge in [0.2, 0.25) is 0 Å². The Bertz CT molecular complexity index is 700. The molecule has 1 saturated heterocycles. The highest BCUT2D eigenvalue weighted by Gasteiger charge is 2.19. The molecule has 0 aliphatic carbocycles. The molecule has 0 unspecified atom stereocenters. The van der Waals surface area contributed by atoms with Gasteiger partial charge in [0.25, 0.3) is 11.6 Å². The van der Waals surface area contributed by atoms with Crippen molar-refractivity contribution in [2.45, 2.75) is 0 Å². The number of nitro groups is 1. The summed E-state index contributed by atoms with van der Waals surface area (Å²) in [7, 11) is 0. The van der Waals surface area contributed by atoms with Crippen molar-refractivity contribution in [3.63, 3.8) is 0 Å². The fraction of sp³-hybridized carbons (Fsp3) is 0.286. The smallest absolute Gasteiger partial charge is 0.270 e. The number of nitrogens with zero attached hydrogens (tertiary/aromatic N) is 2. The zero-order valence-electron chi connectivity index (χ0n) is 12.0. The summed E-state index contributed by atoms with van der Waals surface area (Å²) in [6.07, 6.45) is 0. The van der Waals surface area contributed by atoms with Crippen LogP contribution < -0.4 is 10.6 Å². The van der Waals surface area contributed by atoms with Crippen molar-refractivity contribution in [2.24, 2.45) is 5.92 Å². The van der Waals surface area contributed by atoms with Gasteiger partial charge in [-0.2, -0.15) is 0 Å². The molecular formula is C14H15ClN4O3S. The van der Waals surface area contributed by atoms with Gasteiger partial charge in [0.1, 0.15) is 10.7 Å². The molecule has 23 heavy (non-hydrogen) atoms. The van der Waals surface area contributed by atoms with Gasteiger partial charge in [-0.15, -0.1) is 23.7 Å². The number of non-ortho nitro benzene ring substituents is 1. The highest BCUT2D eigenvalue weighted by molar-refractivity contribution is 7.13. The molecule has 2 N–H and O–H groups in total. The van der Waals surface area contributed by atoms with Crippen molar-refractivity contribution in [1.29, 1.82) is 0 Å². The maximum Gasteiger partial charge on any atom is 0.270 e. The van der Waals surface area contributed by atoms with E-state index < -0.39 is 4.92 Å². The van der Waals surface area contributed by atoms with Crippen LogP contribution in [0.25, 0.3) is 10.6 Å². The second-order valence-corrected chi connectivity index (χ2v) is 5.93. The summed E-state index contributed by atoms with van der Waals surface area (Å²) in [5.74, 6) is 0.313. The number of amides is 1. The first-order valence-electron chi connectivity index (χ1n) is 6.83. The Hall–Kier alpha value is -2.03. The molecule has 0 saturated carbocycles. The lowest BCUT2D eigenvalue weighted by molar-refractivity contribution is -0.384. The van der Waals surface area contributed by atoms with E-state index in [4.69, 9.17) is 0 Å². The quantitative estimate of drug-likeness (QED) is 0.633. The Morgan fingerprint density at radius 1 is 1.39 bits per heavy atom.